The fraction of sp³-hybridized carbons (Fsp3) is 0.400. The Hall–Kier alpha value is -1.62. The normalized spacial score (nSPS) is 12.1. The molecule has 0 aromatic carbocycles. The molecule has 0 fully saturated rings. The van der Waals surface area contributed by atoms with Crippen molar-refractivity contribution in [1.82, 2.24) is 4.98 Å². The number of nitrogens with two attached hydrogens (primary N) is 1. The van der Waals surface area contributed by atoms with Crippen LogP contribution in [0.15, 0.2) is 24.5 Å². The minimum absolute atomic E-state index is 0.229. The number of rotatable bonds is 5. The highest BCUT2D eigenvalue weighted by Crippen LogP contribution is 2.16. The molecule has 0 aliphatic heterocycles. The van der Waals surface area contributed by atoms with Crippen molar-refractivity contribution >= 4 is 6.09 Å². The molecule has 5 nitrogen and oxygen atoms in total. The van der Waals surface area contributed by atoms with Crippen molar-refractivity contribution in [2.45, 2.75) is 18.9 Å². The van der Waals surface area contributed by atoms with E-state index < -0.39 is 12.2 Å². The number of nitrogens with zero attached hydrogens (tertiary/aromatic N) is 1. The van der Waals surface area contributed by atoms with Crippen molar-refractivity contribution in [3.8, 4) is 0 Å². The third kappa shape index (κ3) is 4.42. The summed E-state index contributed by atoms with van der Waals surface area (Å²) in [6, 6.07) is 3.56. The van der Waals surface area contributed by atoms with E-state index in [0.717, 1.165) is 5.56 Å². The number of carbonyl (C=O) groups is 1. The number of aliphatic hydroxyl groups excluding tert-OH is 1. The fourth-order valence-corrected chi connectivity index (χ4v) is 1.19. The number of pyridine rings is 1. The molecule has 0 unspecified atom stereocenters. The van der Waals surface area contributed by atoms with Crippen LogP contribution in [-0.2, 0) is 4.74 Å². The number of aliphatic hydroxyl groups is 1. The summed E-state index contributed by atoms with van der Waals surface area (Å²) < 4.78 is 4.54. The van der Waals surface area contributed by atoms with Crippen LogP contribution in [0.2, 0.25) is 0 Å². The first-order valence-corrected chi connectivity index (χ1v) is 4.70. The van der Waals surface area contributed by atoms with Crippen molar-refractivity contribution in [3.63, 3.8) is 0 Å². The molecule has 0 spiro atoms. The summed E-state index contributed by atoms with van der Waals surface area (Å²) in [4.78, 5) is 14.1. The van der Waals surface area contributed by atoms with Gasteiger partial charge in [0.15, 0.2) is 0 Å². The summed E-state index contributed by atoms with van der Waals surface area (Å²) in [5, 5.41) is 9.67. The zero-order valence-corrected chi connectivity index (χ0v) is 8.30. The molecule has 82 valence electrons. The maximum atomic E-state index is 10.2. The van der Waals surface area contributed by atoms with Gasteiger partial charge >= 0.3 is 6.09 Å². The Bertz CT molecular complexity index is 303. The molecule has 0 aliphatic rings. The van der Waals surface area contributed by atoms with Crippen LogP contribution in [0.25, 0.3) is 0 Å². The summed E-state index contributed by atoms with van der Waals surface area (Å²) in [5.74, 6) is 0. The minimum Gasteiger partial charge on any atom is -0.450 e. The van der Waals surface area contributed by atoms with Gasteiger partial charge in [0.25, 0.3) is 0 Å². The van der Waals surface area contributed by atoms with Crippen LogP contribution in [0.4, 0.5) is 4.79 Å². The van der Waals surface area contributed by atoms with Crippen molar-refractivity contribution in [3.05, 3.63) is 30.1 Å². The van der Waals surface area contributed by atoms with Crippen LogP contribution in [0, 0.1) is 0 Å². The number of carbonyl (C=O) groups excluding carboxylic acids is 1. The van der Waals surface area contributed by atoms with E-state index in [9.17, 15) is 9.90 Å². The Morgan fingerprint density at radius 3 is 3.07 bits per heavy atom. The summed E-state index contributed by atoms with van der Waals surface area (Å²) in [5.41, 5.74) is 5.55. The smallest absolute Gasteiger partial charge is 0.404 e. The average molecular weight is 210 g/mol. The third-order valence-corrected chi connectivity index (χ3v) is 1.94. The largest absolute Gasteiger partial charge is 0.450 e. The molecule has 1 aromatic rings. The van der Waals surface area contributed by atoms with E-state index in [0.29, 0.717) is 12.8 Å². The predicted molar refractivity (Wildman–Crippen MR) is 54.0 cm³/mol. The van der Waals surface area contributed by atoms with Crippen LogP contribution < -0.4 is 5.73 Å². The molecule has 0 saturated carbocycles. The topological polar surface area (TPSA) is 85.4 Å². The highest BCUT2D eigenvalue weighted by Gasteiger charge is 2.06. The van der Waals surface area contributed by atoms with Crippen molar-refractivity contribution in [2.24, 2.45) is 5.73 Å². The molecule has 0 saturated heterocycles. The van der Waals surface area contributed by atoms with Gasteiger partial charge in [0.2, 0.25) is 0 Å². The second kappa shape index (κ2) is 5.98. The summed E-state index contributed by atoms with van der Waals surface area (Å²) in [6.07, 6.45) is 2.98. The van der Waals surface area contributed by atoms with Crippen molar-refractivity contribution < 1.29 is 14.6 Å². The summed E-state index contributed by atoms with van der Waals surface area (Å²) >= 11 is 0. The lowest BCUT2D eigenvalue weighted by molar-refractivity contribution is 0.130. The Kier molecular flexibility index (Phi) is 4.56. The molecule has 0 radical (unpaired) electrons. The van der Waals surface area contributed by atoms with E-state index >= 15 is 0 Å². The Morgan fingerprint density at radius 2 is 2.47 bits per heavy atom. The van der Waals surface area contributed by atoms with Gasteiger partial charge in [-0.1, -0.05) is 6.07 Å². The highest BCUT2D eigenvalue weighted by atomic mass is 16.5. The number of amides is 1. The van der Waals surface area contributed by atoms with E-state index in [1.807, 2.05) is 0 Å². The number of hydrogen-bond donors (Lipinski definition) is 2. The molecule has 3 N–H and O–H groups in total. The van der Waals surface area contributed by atoms with Crippen LogP contribution >= 0.6 is 0 Å². The molecule has 0 aliphatic carbocycles. The second-order valence-electron chi connectivity index (χ2n) is 3.11. The van der Waals surface area contributed by atoms with E-state index in [-0.39, 0.29) is 6.61 Å². The van der Waals surface area contributed by atoms with Crippen LogP contribution in [0.3, 0.4) is 0 Å². The molecule has 1 aromatic heterocycles. The van der Waals surface area contributed by atoms with E-state index in [1.165, 1.54) is 0 Å². The molecule has 15 heavy (non-hydrogen) atoms. The molecule has 1 amide bonds. The van der Waals surface area contributed by atoms with Gasteiger partial charge in [-0.15, -0.1) is 0 Å². The zero-order chi connectivity index (χ0) is 11.1. The average Bonchev–Trinajstić information content (AvgIpc) is 2.25. The predicted octanol–water partition coefficient (Wildman–Crippen LogP) is 0.991. The molecular formula is C10H14N2O3. The van der Waals surface area contributed by atoms with Crippen molar-refractivity contribution in [1.29, 1.82) is 0 Å². The lowest BCUT2D eigenvalue weighted by Crippen LogP contribution is -2.14. The van der Waals surface area contributed by atoms with E-state index in [1.54, 1.807) is 24.5 Å². The van der Waals surface area contributed by atoms with Crippen LogP contribution in [-0.4, -0.2) is 22.8 Å². The molecule has 1 rings (SSSR count). The van der Waals surface area contributed by atoms with Crippen LogP contribution in [0.1, 0.15) is 24.5 Å². The van der Waals surface area contributed by atoms with Gasteiger partial charge in [-0.3, -0.25) is 4.98 Å². The van der Waals surface area contributed by atoms with Gasteiger partial charge in [-0.25, -0.2) is 4.79 Å². The lowest BCUT2D eigenvalue weighted by Gasteiger charge is -2.09. The first-order chi connectivity index (χ1) is 7.20. The monoisotopic (exact) mass is 210 g/mol. The van der Waals surface area contributed by atoms with Gasteiger partial charge in [0.05, 0.1) is 12.7 Å². The standard InChI is InChI=1S/C10H14N2O3/c11-10(14)15-6-2-4-9(13)8-3-1-5-12-7-8/h1,3,5,7,9,13H,2,4,6H2,(H2,11,14)/t9-/m0/s1. The van der Waals surface area contributed by atoms with Gasteiger partial charge in [-0.05, 0) is 24.5 Å². The van der Waals surface area contributed by atoms with Gasteiger partial charge < -0.3 is 15.6 Å². The first-order valence-electron chi connectivity index (χ1n) is 4.70. The molecular weight excluding hydrogens is 196 g/mol. The molecule has 1 heterocycles. The second-order valence-corrected chi connectivity index (χ2v) is 3.11. The number of aromatic nitrogens is 1. The number of primary amides is 1. The zero-order valence-electron chi connectivity index (χ0n) is 8.30. The van der Waals surface area contributed by atoms with E-state index in [4.69, 9.17) is 5.73 Å². The summed E-state index contributed by atoms with van der Waals surface area (Å²) in [6.45, 7) is 0.229. The minimum atomic E-state index is -0.786. The lowest BCUT2D eigenvalue weighted by atomic mass is 10.1. The Labute approximate surface area is 87.9 Å². The number of hydrogen-bond acceptors (Lipinski definition) is 4. The molecule has 5 heteroatoms. The fourth-order valence-electron chi connectivity index (χ4n) is 1.19. The maximum absolute atomic E-state index is 10.2. The highest BCUT2D eigenvalue weighted by molar-refractivity contribution is 5.64. The maximum Gasteiger partial charge on any atom is 0.404 e. The molecule has 0 bridgehead atoms. The number of ether oxygens (including phenoxy) is 1. The Morgan fingerprint density at radius 1 is 1.67 bits per heavy atom. The third-order valence-electron chi connectivity index (χ3n) is 1.94. The van der Waals surface area contributed by atoms with Crippen LogP contribution in [0.5, 0.6) is 0 Å². The quantitative estimate of drug-likeness (QED) is 0.709. The SMILES string of the molecule is NC(=O)OCCC[C@H](O)c1cccnc1. The summed E-state index contributed by atoms with van der Waals surface area (Å²) in [7, 11) is 0. The van der Waals surface area contributed by atoms with E-state index in [2.05, 4.69) is 9.72 Å². The first kappa shape index (κ1) is 11.5. The Balaban J connectivity index is 2.25. The van der Waals surface area contributed by atoms with Gasteiger partial charge in [0.1, 0.15) is 0 Å². The molecule has 1 atom stereocenters. The van der Waals surface area contributed by atoms with Crippen molar-refractivity contribution in [2.75, 3.05) is 6.61 Å². The van der Waals surface area contributed by atoms with Gasteiger partial charge in [0, 0.05) is 12.4 Å². The van der Waals surface area contributed by atoms with Gasteiger partial charge in [-0.2, -0.15) is 0 Å².